The fraction of sp³-hybridized carbons (Fsp3) is 0.321. The molecule has 0 aliphatic carbocycles. The molecule has 0 unspecified atom stereocenters. The summed E-state index contributed by atoms with van der Waals surface area (Å²) in [4.78, 5) is 12.7. The molecule has 6 heteroatoms. The summed E-state index contributed by atoms with van der Waals surface area (Å²) < 4.78 is 35.2. The minimum absolute atomic E-state index is 0.173. The van der Waals surface area contributed by atoms with E-state index < -0.39 is 21.7 Å². The maximum atomic E-state index is 13.4. The minimum atomic E-state index is -3.81. The lowest BCUT2D eigenvalue weighted by atomic mass is 9.84. The van der Waals surface area contributed by atoms with Crippen molar-refractivity contribution < 1.29 is 17.9 Å². The number of carbonyl (C=O) groups excluding carboxylic acids is 1. The highest BCUT2D eigenvalue weighted by Gasteiger charge is 2.30. The molecule has 3 aromatic rings. The monoisotopic (exact) mass is 479 g/mol. The number of hydrogen-bond acceptors (Lipinski definition) is 4. The van der Waals surface area contributed by atoms with Crippen molar-refractivity contribution in [2.24, 2.45) is 0 Å². The van der Waals surface area contributed by atoms with Gasteiger partial charge in [-0.05, 0) is 57.4 Å². The third kappa shape index (κ3) is 7.27. The minimum Gasteiger partial charge on any atom is -0.460 e. The van der Waals surface area contributed by atoms with Crippen LogP contribution in [0.4, 0.5) is 0 Å². The van der Waals surface area contributed by atoms with Crippen molar-refractivity contribution >= 4 is 16.0 Å². The van der Waals surface area contributed by atoms with Crippen LogP contribution < -0.4 is 4.72 Å². The molecule has 1 N–H and O–H groups in total. The van der Waals surface area contributed by atoms with E-state index in [1.54, 1.807) is 24.3 Å². The average molecular weight is 480 g/mol. The number of nitrogens with one attached hydrogen (secondary N) is 1. The van der Waals surface area contributed by atoms with Gasteiger partial charge < -0.3 is 4.74 Å². The molecule has 5 nitrogen and oxygen atoms in total. The Labute approximate surface area is 203 Å². The second-order valence-corrected chi connectivity index (χ2v) is 11.2. The molecule has 3 aromatic carbocycles. The topological polar surface area (TPSA) is 72.5 Å². The third-order valence-electron chi connectivity index (χ3n) is 5.48. The lowest BCUT2D eigenvalue weighted by Gasteiger charge is -2.29. The van der Waals surface area contributed by atoms with Crippen LogP contribution in [0.25, 0.3) is 0 Å². The number of hydrogen-bond donors (Lipinski definition) is 1. The van der Waals surface area contributed by atoms with E-state index in [1.165, 1.54) is 0 Å². The molecule has 0 heterocycles. The number of carbonyl (C=O) groups is 1. The van der Waals surface area contributed by atoms with E-state index >= 15 is 0 Å². The lowest BCUT2D eigenvalue weighted by Crippen LogP contribution is -2.33. The first-order valence-corrected chi connectivity index (χ1v) is 12.9. The summed E-state index contributed by atoms with van der Waals surface area (Å²) >= 11 is 0. The van der Waals surface area contributed by atoms with Gasteiger partial charge in [0.2, 0.25) is 10.0 Å². The van der Waals surface area contributed by atoms with E-state index in [0.29, 0.717) is 6.42 Å². The second kappa shape index (κ2) is 11.0. The molecule has 0 aromatic heterocycles. The quantitative estimate of drug-likeness (QED) is 0.387. The van der Waals surface area contributed by atoms with E-state index in [-0.39, 0.29) is 23.2 Å². The van der Waals surface area contributed by atoms with Crippen molar-refractivity contribution in [1.82, 2.24) is 4.72 Å². The van der Waals surface area contributed by atoms with Crippen LogP contribution in [0, 0.1) is 6.92 Å². The largest absolute Gasteiger partial charge is 0.460 e. The third-order valence-corrected chi connectivity index (χ3v) is 6.94. The van der Waals surface area contributed by atoms with Crippen molar-refractivity contribution in [3.63, 3.8) is 0 Å². The van der Waals surface area contributed by atoms with Gasteiger partial charge in [-0.2, -0.15) is 0 Å². The Morgan fingerprint density at radius 3 is 1.91 bits per heavy atom. The van der Waals surface area contributed by atoms with Gasteiger partial charge in [0.15, 0.2) is 0 Å². The van der Waals surface area contributed by atoms with Gasteiger partial charge in [0, 0.05) is 12.3 Å². The predicted octanol–water partition coefficient (Wildman–Crippen LogP) is 5.92. The first kappa shape index (κ1) is 25.7. The van der Waals surface area contributed by atoms with Gasteiger partial charge in [-0.25, -0.2) is 13.1 Å². The van der Waals surface area contributed by atoms with Crippen LogP contribution in [0.2, 0.25) is 0 Å². The summed E-state index contributed by atoms with van der Waals surface area (Å²) in [5, 5.41) is 0. The van der Waals surface area contributed by atoms with Crippen LogP contribution in [-0.4, -0.2) is 20.0 Å². The van der Waals surface area contributed by atoms with Crippen LogP contribution in [0.1, 0.15) is 62.3 Å². The first-order chi connectivity index (χ1) is 16.0. The summed E-state index contributed by atoms with van der Waals surface area (Å²) in [6, 6.07) is 25.4. The SMILES string of the molecule is Cc1ccc(S(=O)(=O)N[C@H](c2ccccc2)[C@H](CCC(=O)OC(C)(C)C)c2ccccc2)cc1. The number of rotatable bonds is 9. The molecule has 0 aliphatic heterocycles. The summed E-state index contributed by atoms with van der Waals surface area (Å²) in [5.41, 5.74) is 2.19. The van der Waals surface area contributed by atoms with E-state index in [2.05, 4.69) is 4.72 Å². The normalized spacial score (nSPS) is 13.8. The van der Waals surface area contributed by atoms with Crippen molar-refractivity contribution in [3.8, 4) is 0 Å². The van der Waals surface area contributed by atoms with E-state index in [9.17, 15) is 13.2 Å². The average Bonchev–Trinajstić information content (AvgIpc) is 2.79. The van der Waals surface area contributed by atoms with E-state index in [1.807, 2.05) is 88.4 Å². The summed E-state index contributed by atoms with van der Waals surface area (Å²) in [6.07, 6.45) is 0.599. The maximum Gasteiger partial charge on any atom is 0.306 e. The molecule has 0 spiro atoms. The Bertz CT molecular complexity index is 1170. The molecule has 180 valence electrons. The summed E-state index contributed by atoms with van der Waals surface area (Å²) in [6.45, 7) is 7.42. The van der Waals surface area contributed by atoms with Gasteiger partial charge in [-0.3, -0.25) is 4.79 Å². The number of aryl methyl sites for hydroxylation is 1. The summed E-state index contributed by atoms with van der Waals surface area (Å²) in [7, 11) is -3.81. The summed E-state index contributed by atoms with van der Waals surface area (Å²) in [5.74, 6) is -0.585. The number of sulfonamides is 1. The molecule has 0 radical (unpaired) electrons. The highest BCUT2D eigenvalue weighted by atomic mass is 32.2. The standard InChI is InChI=1S/C28H33NO4S/c1-21-15-17-24(18-16-21)34(31,32)29-27(23-13-9-6-10-14-23)25(22-11-7-5-8-12-22)19-20-26(30)33-28(2,3)4/h5-18,25,27,29H,19-20H2,1-4H3/t25-,27-/m1/s1. The van der Waals surface area contributed by atoms with E-state index in [4.69, 9.17) is 4.74 Å². The zero-order chi connectivity index (χ0) is 24.8. The van der Waals surface area contributed by atoms with Gasteiger partial charge >= 0.3 is 5.97 Å². The predicted molar refractivity (Wildman–Crippen MR) is 135 cm³/mol. The Morgan fingerprint density at radius 1 is 0.853 bits per heavy atom. The molecule has 3 rings (SSSR count). The number of esters is 1. The molecule has 0 saturated heterocycles. The van der Waals surface area contributed by atoms with Gasteiger partial charge in [0.05, 0.1) is 10.9 Å². The molecular formula is C28H33NO4S. The highest BCUT2D eigenvalue weighted by Crippen LogP contribution is 2.36. The molecular weight excluding hydrogens is 446 g/mol. The van der Waals surface area contributed by atoms with Crippen LogP contribution >= 0.6 is 0 Å². The van der Waals surface area contributed by atoms with Crippen LogP contribution in [-0.2, 0) is 19.6 Å². The van der Waals surface area contributed by atoms with E-state index in [0.717, 1.165) is 16.7 Å². The Morgan fingerprint density at radius 2 is 1.38 bits per heavy atom. The van der Waals surface area contributed by atoms with Crippen LogP contribution in [0.5, 0.6) is 0 Å². The zero-order valence-corrected chi connectivity index (χ0v) is 21.0. The Balaban J connectivity index is 1.98. The van der Waals surface area contributed by atoms with Crippen molar-refractivity contribution in [2.75, 3.05) is 0 Å². The molecule has 0 aliphatic rings. The number of benzene rings is 3. The molecule has 0 saturated carbocycles. The second-order valence-electron chi connectivity index (χ2n) is 9.46. The highest BCUT2D eigenvalue weighted by molar-refractivity contribution is 7.89. The molecule has 34 heavy (non-hydrogen) atoms. The fourth-order valence-electron chi connectivity index (χ4n) is 3.89. The molecule has 0 bridgehead atoms. The lowest BCUT2D eigenvalue weighted by molar-refractivity contribution is -0.155. The fourth-order valence-corrected chi connectivity index (χ4v) is 5.15. The Kier molecular flexibility index (Phi) is 8.28. The van der Waals surface area contributed by atoms with Gasteiger partial charge in [-0.1, -0.05) is 78.4 Å². The van der Waals surface area contributed by atoms with Crippen molar-refractivity contribution in [2.45, 2.75) is 63.0 Å². The van der Waals surface area contributed by atoms with Crippen molar-refractivity contribution in [1.29, 1.82) is 0 Å². The van der Waals surface area contributed by atoms with Gasteiger partial charge in [-0.15, -0.1) is 0 Å². The maximum absolute atomic E-state index is 13.4. The van der Waals surface area contributed by atoms with Gasteiger partial charge in [0.25, 0.3) is 0 Å². The smallest absolute Gasteiger partial charge is 0.306 e. The van der Waals surface area contributed by atoms with Crippen molar-refractivity contribution in [3.05, 3.63) is 102 Å². The zero-order valence-electron chi connectivity index (χ0n) is 20.2. The van der Waals surface area contributed by atoms with Crippen LogP contribution in [0.15, 0.2) is 89.8 Å². The van der Waals surface area contributed by atoms with Crippen LogP contribution in [0.3, 0.4) is 0 Å². The first-order valence-electron chi connectivity index (χ1n) is 11.5. The Hall–Kier alpha value is -2.96. The molecule has 2 atom stereocenters. The number of ether oxygens (including phenoxy) is 1. The molecule has 0 amide bonds. The molecule has 0 fully saturated rings. The van der Waals surface area contributed by atoms with Gasteiger partial charge in [0.1, 0.15) is 5.60 Å².